The third kappa shape index (κ3) is 1.77. The van der Waals surface area contributed by atoms with Crippen LogP contribution in [0.4, 0.5) is 19.0 Å². The average Bonchev–Trinajstić information content (AvgIpc) is 2.01. The van der Waals surface area contributed by atoms with E-state index < -0.39 is 23.1 Å². The van der Waals surface area contributed by atoms with Crippen LogP contribution in [-0.2, 0) is 6.18 Å². The van der Waals surface area contributed by atoms with Crippen LogP contribution in [0, 0.1) is 0 Å². The van der Waals surface area contributed by atoms with Gasteiger partial charge in [-0.05, 0) is 6.07 Å². The van der Waals surface area contributed by atoms with Crippen molar-refractivity contribution >= 4 is 12.1 Å². The summed E-state index contributed by atoms with van der Waals surface area (Å²) in [5, 5.41) is 0. The van der Waals surface area contributed by atoms with Gasteiger partial charge in [-0.1, -0.05) is 0 Å². The Kier molecular flexibility index (Phi) is 2.22. The third-order valence-electron chi connectivity index (χ3n) is 1.42. The lowest BCUT2D eigenvalue weighted by Crippen LogP contribution is -2.13. The van der Waals surface area contributed by atoms with Gasteiger partial charge in [0, 0.05) is 11.8 Å². The maximum Gasteiger partial charge on any atom is 0.420 e. The average molecular weight is 190 g/mol. The summed E-state index contributed by atoms with van der Waals surface area (Å²) in [6.45, 7) is 0. The number of halogens is 3. The number of rotatable bonds is 1. The Balaban J connectivity index is 3.40. The molecule has 0 unspecified atom stereocenters. The van der Waals surface area contributed by atoms with E-state index in [1.807, 2.05) is 0 Å². The standard InChI is InChI=1S/C7H5F3N2O/c8-7(9,10)5-4(3-13)1-2-12-6(5)11/h1-3H,(H2,11,12). The molecule has 0 aliphatic rings. The van der Waals surface area contributed by atoms with Gasteiger partial charge in [0.25, 0.3) is 0 Å². The lowest BCUT2D eigenvalue weighted by Gasteiger charge is -2.10. The summed E-state index contributed by atoms with van der Waals surface area (Å²) in [7, 11) is 0. The minimum absolute atomic E-state index is 0.0981. The molecule has 0 saturated carbocycles. The predicted octanol–water partition coefficient (Wildman–Crippen LogP) is 1.50. The van der Waals surface area contributed by atoms with Crippen molar-refractivity contribution in [2.75, 3.05) is 5.73 Å². The van der Waals surface area contributed by atoms with Crippen molar-refractivity contribution in [1.82, 2.24) is 4.98 Å². The lowest BCUT2D eigenvalue weighted by atomic mass is 10.1. The summed E-state index contributed by atoms with van der Waals surface area (Å²) in [4.78, 5) is 13.5. The molecule has 70 valence electrons. The van der Waals surface area contributed by atoms with Crippen LogP contribution in [0.3, 0.4) is 0 Å². The fraction of sp³-hybridized carbons (Fsp3) is 0.143. The van der Waals surface area contributed by atoms with Gasteiger partial charge < -0.3 is 5.73 Å². The van der Waals surface area contributed by atoms with Crippen LogP contribution in [0.1, 0.15) is 15.9 Å². The van der Waals surface area contributed by atoms with E-state index in [4.69, 9.17) is 5.73 Å². The largest absolute Gasteiger partial charge is 0.420 e. The zero-order valence-corrected chi connectivity index (χ0v) is 6.30. The van der Waals surface area contributed by atoms with Gasteiger partial charge in [0.1, 0.15) is 11.4 Å². The number of nitrogens with zero attached hydrogens (tertiary/aromatic N) is 1. The van der Waals surface area contributed by atoms with Crippen molar-refractivity contribution in [1.29, 1.82) is 0 Å². The summed E-state index contributed by atoms with van der Waals surface area (Å²) in [5.41, 5.74) is 3.32. The van der Waals surface area contributed by atoms with Gasteiger partial charge in [-0.2, -0.15) is 13.2 Å². The highest BCUT2D eigenvalue weighted by Gasteiger charge is 2.36. The van der Waals surface area contributed by atoms with Crippen LogP contribution in [0.5, 0.6) is 0 Å². The molecule has 1 rings (SSSR count). The zero-order chi connectivity index (χ0) is 10.1. The summed E-state index contributed by atoms with van der Waals surface area (Å²) < 4.78 is 36.7. The van der Waals surface area contributed by atoms with E-state index in [1.54, 1.807) is 0 Å². The Morgan fingerprint density at radius 1 is 1.46 bits per heavy atom. The van der Waals surface area contributed by atoms with Gasteiger partial charge in [0.05, 0.1) is 0 Å². The summed E-state index contributed by atoms with van der Waals surface area (Å²) in [5.74, 6) is -0.683. The molecule has 0 amide bonds. The first-order chi connectivity index (χ1) is 5.96. The van der Waals surface area contributed by atoms with Crippen molar-refractivity contribution < 1.29 is 18.0 Å². The van der Waals surface area contributed by atoms with Gasteiger partial charge in [-0.25, -0.2) is 4.98 Å². The maximum absolute atomic E-state index is 12.2. The number of aromatic nitrogens is 1. The van der Waals surface area contributed by atoms with Crippen molar-refractivity contribution in [3.63, 3.8) is 0 Å². The monoisotopic (exact) mass is 190 g/mol. The third-order valence-corrected chi connectivity index (χ3v) is 1.42. The molecular weight excluding hydrogens is 185 g/mol. The normalized spacial score (nSPS) is 11.3. The van der Waals surface area contributed by atoms with Crippen LogP contribution in [0.25, 0.3) is 0 Å². The fourth-order valence-corrected chi connectivity index (χ4v) is 0.901. The molecule has 2 N–H and O–H groups in total. The molecular formula is C7H5F3N2O. The van der Waals surface area contributed by atoms with E-state index in [0.717, 1.165) is 12.3 Å². The number of anilines is 1. The molecule has 0 saturated heterocycles. The minimum Gasteiger partial charge on any atom is -0.383 e. The Hall–Kier alpha value is -1.59. The number of hydrogen-bond donors (Lipinski definition) is 1. The fourth-order valence-electron chi connectivity index (χ4n) is 0.901. The molecule has 0 spiro atoms. The van der Waals surface area contributed by atoms with E-state index in [0.29, 0.717) is 0 Å². The first kappa shape index (κ1) is 9.50. The van der Waals surface area contributed by atoms with Crippen molar-refractivity contribution in [2.24, 2.45) is 0 Å². The Morgan fingerprint density at radius 3 is 2.46 bits per heavy atom. The first-order valence-electron chi connectivity index (χ1n) is 3.23. The second kappa shape index (κ2) is 3.04. The molecule has 6 heteroatoms. The Morgan fingerprint density at radius 2 is 2.08 bits per heavy atom. The SMILES string of the molecule is Nc1nccc(C=O)c1C(F)(F)F. The number of aldehydes is 1. The smallest absolute Gasteiger partial charge is 0.383 e. The molecule has 0 aliphatic carbocycles. The minimum atomic E-state index is -4.64. The molecule has 1 aromatic heterocycles. The van der Waals surface area contributed by atoms with E-state index in [-0.39, 0.29) is 6.29 Å². The van der Waals surface area contributed by atoms with E-state index in [2.05, 4.69) is 4.98 Å². The lowest BCUT2D eigenvalue weighted by molar-refractivity contribution is -0.137. The maximum atomic E-state index is 12.2. The van der Waals surface area contributed by atoms with Gasteiger partial charge >= 0.3 is 6.18 Å². The van der Waals surface area contributed by atoms with Crippen LogP contribution in [-0.4, -0.2) is 11.3 Å². The number of nitrogens with two attached hydrogens (primary N) is 1. The number of alkyl halides is 3. The zero-order valence-electron chi connectivity index (χ0n) is 6.30. The molecule has 3 nitrogen and oxygen atoms in total. The Bertz CT molecular complexity index is 335. The number of hydrogen-bond acceptors (Lipinski definition) is 3. The summed E-state index contributed by atoms with van der Waals surface area (Å²) in [6, 6.07) is 0.964. The quantitative estimate of drug-likeness (QED) is 0.682. The topological polar surface area (TPSA) is 56.0 Å². The van der Waals surface area contributed by atoms with Crippen molar-refractivity contribution in [2.45, 2.75) is 6.18 Å². The summed E-state index contributed by atoms with van der Waals surface area (Å²) in [6.07, 6.45) is -3.50. The number of carbonyl (C=O) groups excluding carboxylic acids is 1. The van der Waals surface area contributed by atoms with Gasteiger partial charge in [0.15, 0.2) is 6.29 Å². The van der Waals surface area contributed by atoms with E-state index in [1.165, 1.54) is 0 Å². The van der Waals surface area contributed by atoms with Gasteiger partial charge in [0.2, 0.25) is 0 Å². The van der Waals surface area contributed by atoms with Crippen molar-refractivity contribution in [3.8, 4) is 0 Å². The number of nitrogen functional groups attached to an aromatic ring is 1. The molecule has 0 bridgehead atoms. The van der Waals surface area contributed by atoms with E-state index in [9.17, 15) is 18.0 Å². The van der Waals surface area contributed by atoms with Crippen molar-refractivity contribution in [3.05, 3.63) is 23.4 Å². The second-order valence-electron chi connectivity index (χ2n) is 2.28. The molecule has 0 aliphatic heterocycles. The number of pyridine rings is 1. The van der Waals surface area contributed by atoms with Gasteiger partial charge in [-0.15, -0.1) is 0 Å². The molecule has 13 heavy (non-hydrogen) atoms. The molecule has 0 atom stereocenters. The number of carbonyl (C=O) groups is 1. The van der Waals surface area contributed by atoms with Crippen LogP contribution in [0.2, 0.25) is 0 Å². The van der Waals surface area contributed by atoms with Crippen LogP contribution < -0.4 is 5.73 Å². The summed E-state index contributed by atoms with van der Waals surface area (Å²) >= 11 is 0. The molecule has 0 aromatic carbocycles. The molecule has 0 fully saturated rings. The highest BCUT2D eigenvalue weighted by atomic mass is 19.4. The van der Waals surface area contributed by atoms with Crippen LogP contribution in [0.15, 0.2) is 12.3 Å². The van der Waals surface area contributed by atoms with E-state index >= 15 is 0 Å². The van der Waals surface area contributed by atoms with Crippen LogP contribution >= 0.6 is 0 Å². The Labute approximate surface area is 71.4 Å². The highest BCUT2D eigenvalue weighted by Crippen LogP contribution is 2.34. The second-order valence-corrected chi connectivity index (χ2v) is 2.28. The molecule has 0 radical (unpaired) electrons. The highest BCUT2D eigenvalue weighted by molar-refractivity contribution is 5.79. The first-order valence-corrected chi connectivity index (χ1v) is 3.23. The predicted molar refractivity (Wildman–Crippen MR) is 39.0 cm³/mol. The molecule has 1 heterocycles. The van der Waals surface area contributed by atoms with Gasteiger partial charge in [-0.3, -0.25) is 4.79 Å². The molecule has 1 aromatic rings.